The topological polar surface area (TPSA) is 67.4 Å². The second kappa shape index (κ2) is 7.64. The van der Waals surface area contributed by atoms with Crippen molar-refractivity contribution in [3.05, 3.63) is 59.2 Å². The van der Waals surface area contributed by atoms with Gasteiger partial charge in [0.25, 0.3) is 5.91 Å². The number of hydrogen-bond donors (Lipinski definition) is 2. The van der Waals surface area contributed by atoms with Crippen LogP contribution >= 0.6 is 0 Å². The summed E-state index contributed by atoms with van der Waals surface area (Å²) in [6.07, 6.45) is -0.901. The van der Waals surface area contributed by atoms with Crippen LogP contribution in [0.15, 0.2) is 42.5 Å². The zero-order valence-corrected chi connectivity index (χ0v) is 14.3. The summed E-state index contributed by atoms with van der Waals surface area (Å²) < 4.78 is 5.29. The Kier molecular flexibility index (Phi) is 5.58. The van der Waals surface area contributed by atoms with Crippen LogP contribution in [0.4, 0.5) is 11.4 Å². The number of ether oxygens (including phenoxy) is 1. The number of carbonyl (C=O) groups is 2. The SMILES string of the molecule is CNc1ccccc1C(=O)OC(C)C(=O)Nc1cc(C)ccc1C. The molecule has 0 heterocycles. The van der Waals surface area contributed by atoms with Gasteiger partial charge in [0.1, 0.15) is 0 Å². The number of esters is 1. The smallest absolute Gasteiger partial charge is 0.341 e. The molecule has 0 saturated heterocycles. The van der Waals surface area contributed by atoms with Crippen LogP contribution in [0.25, 0.3) is 0 Å². The summed E-state index contributed by atoms with van der Waals surface area (Å²) in [6.45, 7) is 5.42. The van der Waals surface area contributed by atoms with Gasteiger partial charge < -0.3 is 15.4 Å². The Hall–Kier alpha value is -2.82. The molecule has 0 aliphatic carbocycles. The highest BCUT2D eigenvalue weighted by Crippen LogP contribution is 2.18. The fourth-order valence-electron chi connectivity index (χ4n) is 2.26. The molecule has 2 aromatic rings. The largest absolute Gasteiger partial charge is 0.449 e. The van der Waals surface area contributed by atoms with Gasteiger partial charge in [-0.1, -0.05) is 24.3 Å². The quantitative estimate of drug-likeness (QED) is 0.825. The van der Waals surface area contributed by atoms with Crippen molar-refractivity contribution in [1.29, 1.82) is 0 Å². The van der Waals surface area contributed by atoms with Gasteiger partial charge in [0, 0.05) is 18.4 Å². The van der Waals surface area contributed by atoms with Gasteiger partial charge in [-0.05, 0) is 50.1 Å². The number of rotatable bonds is 5. The standard InChI is InChI=1S/C19H22N2O3/c1-12-9-10-13(2)17(11-12)21-18(22)14(3)24-19(23)15-7-5-6-8-16(15)20-4/h5-11,14,20H,1-4H3,(H,21,22). The van der Waals surface area contributed by atoms with E-state index in [0.717, 1.165) is 16.8 Å². The first kappa shape index (κ1) is 17.5. The second-order valence-corrected chi connectivity index (χ2v) is 5.65. The van der Waals surface area contributed by atoms with Crippen molar-refractivity contribution in [3.8, 4) is 0 Å². The van der Waals surface area contributed by atoms with E-state index in [1.54, 1.807) is 32.2 Å². The number of aryl methyl sites for hydroxylation is 2. The maximum atomic E-state index is 12.3. The highest BCUT2D eigenvalue weighted by molar-refractivity contribution is 6.00. The first-order chi connectivity index (χ1) is 11.4. The van der Waals surface area contributed by atoms with E-state index < -0.39 is 12.1 Å². The van der Waals surface area contributed by atoms with Crippen LogP contribution in [-0.4, -0.2) is 25.0 Å². The van der Waals surface area contributed by atoms with Gasteiger partial charge in [0.05, 0.1) is 5.56 Å². The summed E-state index contributed by atoms with van der Waals surface area (Å²) in [5.74, 6) is -0.900. The molecule has 2 rings (SSSR count). The van der Waals surface area contributed by atoms with E-state index >= 15 is 0 Å². The molecule has 0 spiro atoms. The predicted molar refractivity (Wildman–Crippen MR) is 95.4 cm³/mol. The van der Waals surface area contributed by atoms with Crippen molar-refractivity contribution in [2.45, 2.75) is 26.9 Å². The van der Waals surface area contributed by atoms with Gasteiger partial charge in [-0.15, -0.1) is 0 Å². The lowest BCUT2D eigenvalue weighted by Crippen LogP contribution is -2.30. The third kappa shape index (κ3) is 4.13. The van der Waals surface area contributed by atoms with E-state index in [1.807, 2.05) is 38.1 Å². The lowest BCUT2D eigenvalue weighted by atomic mass is 10.1. The van der Waals surface area contributed by atoms with Crippen molar-refractivity contribution in [3.63, 3.8) is 0 Å². The highest BCUT2D eigenvalue weighted by atomic mass is 16.5. The number of para-hydroxylation sites is 1. The van der Waals surface area contributed by atoms with Crippen molar-refractivity contribution in [1.82, 2.24) is 0 Å². The zero-order chi connectivity index (χ0) is 17.7. The molecular formula is C19H22N2O3. The second-order valence-electron chi connectivity index (χ2n) is 5.65. The van der Waals surface area contributed by atoms with Gasteiger partial charge in [-0.3, -0.25) is 4.79 Å². The summed E-state index contributed by atoms with van der Waals surface area (Å²) >= 11 is 0. The van der Waals surface area contributed by atoms with Crippen molar-refractivity contribution in [2.75, 3.05) is 17.7 Å². The first-order valence-electron chi connectivity index (χ1n) is 7.78. The molecule has 1 atom stereocenters. The van der Waals surface area contributed by atoms with E-state index in [9.17, 15) is 9.59 Å². The number of anilines is 2. The van der Waals surface area contributed by atoms with Crippen molar-refractivity contribution < 1.29 is 14.3 Å². The van der Waals surface area contributed by atoms with Gasteiger partial charge in [-0.2, -0.15) is 0 Å². The third-order valence-electron chi connectivity index (χ3n) is 3.72. The maximum Gasteiger partial charge on any atom is 0.341 e. The van der Waals surface area contributed by atoms with E-state index in [2.05, 4.69) is 10.6 Å². The van der Waals surface area contributed by atoms with Crippen LogP contribution < -0.4 is 10.6 Å². The molecule has 24 heavy (non-hydrogen) atoms. The lowest BCUT2D eigenvalue weighted by Gasteiger charge is -2.16. The Labute approximate surface area is 142 Å². The molecular weight excluding hydrogens is 304 g/mol. The maximum absolute atomic E-state index is 12.3. The molecule has 0 radical (unpaired) electrons. The molecule has 1 unspecified atom stereocenters. The van der Waals surface area contributed by atoms with Crippen LogP contribution in [0.1, 0.15) is 28.4 Å². The molecule has 2 N–H and O–H groups in total. The van der Waals surface area contributed by atoms with E-state index in [-0.39, 0.29) is 5.91 Å². The van der Waals surface area contributed by atoms with Gasteiger partial charge in [0.15, 0.2) is 6.10 Å². The number of carbonyl (C=O) groups excluding carboxylic acids is 2. The molecule has 1 amide bonds. The summed E-state index contributed by atoms with van der Waals surface area (Å²) in [7, 11) is 1.72. The minimum atomic E-state index is -0.901. The molecule has 0 aliphatic heterocycles. The summed E-state index contributed by atoms with van der Waals surface area (Å²) in [5.41, 5.74) is 3.77. The minimum Gasteiger partial charge on any atom is -0.449 e. The average Bonchev–Trinajstić information content (AvgIpc) is 2.57. The fraction of sp³-hybridized carbons (Fsp3) is 0.263. The van der Waals surface area contributed by atoms with Gasteiger partial charge in [-0.25, -0.2) is 4.79 Å². The van der Waals surface area contributed by atoms with Crippen LogP contribution in [-0.2, 0) is 9.53 Å². The lowest BCUT2D eigenvalue weighted by molar-refractivity contribution is -0.123. The van der Waals surface area contributed by atoms with E-state index in [1.165, 1.54) is 0 Å². The van der Waals surface area contributed by atoms with Crippen molar-refractivity contribution >= 4 is 23.3 Å². The molecule has 0 saturated carbocycles. The molecule has 126 valence electrons. The molecule has 2 aromatic carbocycles. The monoisotopic (exact) mass is 326 g/mol. The average molecular weight is 326 g/mol. The van der Waals surface area contributed by atoms with E-state index in [4.69, 9.17) is 4.74 Å². The van der Waals surface area contributed by atoms with Crippen LogP contribution in [0.5, 0.6) is 0 Å². The molecule has 0 fully saturated rings. The van der Waals surface area contributed by atoms with Gasteiger partial charge >= 0.3 is 5.97 Å². The molecule has 5 nitrogen and oxygen atoms in total. The Bertz CT molecular complexity index is 756. The summed E-state index contributed by atoms with van der Waals surface area (Å²) in [4.78, 5) is 24.6. The Morgan fingerprint density at radius 2 is 1.75 bits per heavy atom. The number of benzene rings is 2. The third-order valence-corrected chi connectivity index (χ3v) is 3.72. The number of nitrogens with one attached hydrogen (secondary N) is 2. The predicted octanol–water partition coefficient (Wildman–Crippen LogP) is 3.53. The van der Waals surface area contributed by atoms with Crippen LogP contribution in [0.2, 0.25) is 0 Å². The summed E-state index contributed by atoms with van der Waals surface area (Å²) in [6, 6.07) is 12.8. The Balaban J connectivity index is 2.06. The molecule has 0 bridgehead atoms. The zero-order valence-electron chi connectivity index (χ0n) is 14.3. The Morgan fingerprint density at radius 1 is 1.04 bits per heavy atom. The molecule has 0 aromatic heterocycles. The van der Waals surface area contributed by atoms with E-state index in [0.29, 0.717) is 11.3 Å². The molecule has 5 heteroatoms. The fourth-order valence-corrected chi connectivity index (χ4v) is 2.26. The van der Waals surface area contributed by atoms with Crippen LogP contribution in [0, 0.1) is 13.8 Å². The normalized spacial score (nSPS) is 11.5. The van der Waals surface area contributed by atoms with Crippen LogP contribution in [0.3, 0.4) is 0 Å². The number of amides is 1. The highest BCUT2D eigenvalue weighted by Gasteiger charge is 2.21. The Morgan fingerprint density at radius 3 is 2.46 bits per heavy atom. The minimum absolute atomic E-state index is 0.362. The van der Waals surface area contributed by atoms with Gasteiger partial charge in [0.2, 0.25) is 0 Å². The molecule has 0 aliphatic rings. The van der Waals surface area contributed by atoms with Crippen molar-refractivity contribution in [2.24, 2.45) is 0 Å². The number of hydrogen-bond acceptors (Lipinski definition) is 4. The first-order valence-corrected chi connectivity index (χ1v) is 7.78. The summed E-state index contributed by atoms with van der Waals surface area (Å²) in [5, 5.41) is 5.74.